The van der Waals surface area contributed by atoms with Crippen LogP contribution in [0, 0.1) is 16.7 Å². The van der Waals surface area contributed by atoms with E-state index in [1.54, 1.807) is 12.1 Å². The third-order valence-electron chi connectivity index (χ3n) is 8.83. The zero-order chi connectivity index (χ0) is 21.6. The van der Waals surface area contributed by atoms with E-state index in [1.165, 1.54) is 0 Å². The molecule has 5 rings (SSSR count). The van der Waals surface area contributed by atoms with E-state index in [0.717, 1.165) is 84.3 Å². The fourth-order valence-electron chi connectivity index (χ4n) is 7.01. The third-order valence-corrected chi connectivity index (χ3v) is 9.08. The van der Waals surface area contributed by atoms with Gasteiger partial charge in [0.25, 0.3) is 5.91 Å². The summed E-state index contributed by atoms with van der Waals surface area (Å²) >= 11 is 5.99. The Bertz CT molecular complexity index is 843. The van der Waals surface area contributed by atoms with E-state index in [-0.39, 0.29) is 16.7 Å². The Kier molecular flexibility index (Phi) is 5.54. The van der Waals surface area contributed by atoms with Gasteiger partial charge in [-0.3, -0.25) is 9.59 Å². The lowest BCUT2D eigenvalue weighted by atomic mass is 9.65. The molecule has 0 aromatic heterocycles. The molecule has 2 atom stereocenters. The Labute approximate surface area is 190 Å². The second kappa shape index (κ2) is 8.08. The number of benzene rings is 1. The summed E-state index contributed by atoms with van der Waals surface area (Å²) in [5.41, 5.74) is 0.724. The standard InChI is InChI=1S/C25H34ClN3O2/c1-2-27-17-21-24(9-10-25(21,18-27)23(31)29-13-3-4-14-29)11-15-28(16-12-24)22(30)19-5-7-20(26)8-6-19/h5-8,21H,2-4,9-18H2,1H3/t21-,25+/m0/s1. The Morgan fingerprint density at radius 3 is 2.29 bits per heavy atom. The highest BCUT2D eigenvalue weighted by molar-refractivity contribution is 6.30. The van der Waals surface area contributed by atoms with Gasteiger partial charge in [-0.2, -0.15) is 0 Å². The summed E-state index contributed by atoms with van der Waals surface area (Å²) in [6, 6.07) is 7.21. The number of hydrogen-bond donors (Lipinski definition) is 0. The van der Waals surface area contributed by atoms with Crippen LogP contribution in [0.25, 0.3) is 0 Å². The highest BCUT2D eigenvalue weighted by Gasteiger charge is 2.64. The molecule has 0 unspecified atom stereocenters. The lowest BCUT2D eigenvalue weighted by Crippen LogP contribution is -2.50. The predicted molar refractivity (Wildman–Crippen MR) is 122 cm³/mol. The second-order valence-corrected chi connectivity index (χ2v) is 10.6. The Morgan fingerprint density at radius 2 is 1.65 bits per heavy atom. The van der Waals surface area contributed by atoms with E-state index in [0.29, 0.717) is 22.4 Å². The topological polar surface area (TPSA) is 43.9 Å². The minimum atomic E-state index is -0.192. The molecule has 4 aliphatic rings. The zero-order valence-electron chi connectivity index (χ0n) is 18.6. The number of likely N-dealkylation sites (tertiary alicyclic amines) is 3. The number of carbonyl (C=O) groups is 2. The van der Waals surface area contributed by atoms with Crippen LogP contribution in [0.4, 0.5) is 0 Å². The van der Waals surface area contributed by atoms with E-state index in [2.05, 4.69) is 16.7 Å². The average molecular weight is 444 g/mol. The van der Waals surface area contributed by atoms with Gasteiger partial charge in [0.15, 0.2) is 0 Å². The van der Waals surface area contributed by atoms with Crippen LogP contribution < -0.4 is 0 Å². The molecule has 0 radical (unpaired) electrons. The maximum atomic E-state index is 13.7. The first kappa shape index (κ1) is 21.3. The number of nitrogens with zero attached hydrogens (tertiary/aromatic N) is 3. The summed E-state index contributed by atoms with van der Waals surface area (Å²) in [5.74, 6) is 0.967. The smallest absolute Gasteiger partial charge is 0.253 e. The van der Waals surface area contributed by atoms with Crippen molar-refractivity contribution in [1.29, 1.82) is 0 Å². The summed E-state index contributed by atoms with van der Waals surface area (Å²) in [6.07, 6.45) is 6.49. The molecule has 3 aliphatic heterocycles. The fourth-order valence-corrected chi connectivity index (χ4v) is 7.14. The van der Waals surface area contributed by atoms with Crippen LogP contribution in [-0.2, 0) is 4.79 Å². The van der Waals surface area contributed by atoms with Gasteiger partial charge in [0, 0.05) is 49.9 Å². The number of hydrogen-bond acceptors (Lipinski definition) is 3. The lowest BCUT2D eigenvalue weighted by Gasteiger charge is -2.45. The number of rotatable bonds is 3. The van der Waals surface area contributed by atoms with Gasteiger partial charge in [0.2, 0.25) is 5.91 Å². The summed E-state index contributed by atoms with van der Waals surface area (Å²) in [4.78, 5) is 33.4. The number of halogens is 1. The highest BCUT2D eigenvalue weighted by atomic mass is 35.5. The van der Waals surface area contributed by atoms with Crippen molar-refractivity contribution in [3.05, 3.63) is 34.9 Å². The fraction of sp³-hybridized carbons (Fsp3) is 0.680. The Balaban J connectivity index is 1.33. The first-order valence-corrected chi connectivity index (χ1v) is 12.4. The molecule has 3 heterocycles. The first-order valence-electron chi connectivity index (χ1n) is 12.0. The Morgan fingerprint density at radius 1 is 0.968 bits per heavy atom. The van der Waals surface area contributed by atoms with Crippen molar-refractivity contribution in [3.8, 4) is 0 Å². The summed E-state index contributed by atoms with van der Waals surface area (Å²) in [7, 11) is 0. The minimum Gasteiger partial charge on any atom is -0.342 e. The number of carbonyl (C=O) groups excluding carboxylic acids is 2. The first-order chi connectivity index (χ1) is 15.0. The van der Waals surface area contributed by atoms with Crippen LogP contribution in [0.3, 0.4) is 0 Å². The molecule has 6 heteroatoms. The molecule has 1 aliphatic carbocycles. The van der Waals surface area contributed by atoms with Gasteiger partial charge < -0.3 is 14.7 Å². The van der Waals surface area contributed by atoms with E-state index in [9.17, 15) is 9.59 Å². The summed E-state index contributed by atoms with van der Waals surface area (Å²) < 4.78 is 0. The van der Waals surface area contributed by atoms with Crippen molar-refractivity contribution in [2.24, 2.45) is 16.7 Å². The molecule has 3 saturated heterocycles. The van der Waals surface area contributed by atoms with Crippen molar-refractivity contribution in [2.45, 2.75) is 45.4 Å². The molecule has 1 aromatic rings. The van der Waals surface area contributed by atoms with Crippen molar-refractivity contribution in [2.75, 3.05) is 45.8 Å². The van der Waals surface area contributed by atoms with Crippen LogP contribution in [0.15, 0.2) is 24.3 Å². The monoisotopic (exact) mass is 443 g/mol. The van der Waals surface area contributed by atoms with Crippen molar-refractivity contribution in [1.82, 2.24) is 14.7 Å². The molecule has 168 valence electrons. The molecule has 0 bridgehead atoms. The third kappa shape index (κ3) is 3.48. The van der Waals surface area contributed by atoms with E-state index >= 15 is 0 Å². The molecular weight excluding hydrogens is 410 g/mol. The van der Waals surface area contributed by atoms with Gasteiger partial charge >= 0.3 is 0 Å². The molecule has 5 nitrogen and oxygen atoms in total. The van der Waals surface area contributed by atoms with Gasteiger partial charge in [0.1, 0.15) is 0 Å². The van der Waals surface area contributed by atoms with Crippen LogP contribution in [-0.4, -0.2) is 72.3 Å². The highest BCUT2D eigenvalue weighted by Crippen LogP contribution is 2.62. The SMILES string of the molecule is CCN1C[C@H]2C3(CCN(C(=O)c4ccc(Cl)cc4)CC3)CC[C@@]2(C(=O)N2CCCC2)C1. The van der Waals surface area contributed by atoms with Crippen LogP contribution in [0.1, 0.15) is 55.8 Å². The van der Waals surface area contributed by atoms with Crippen molar-refractivity contribution >= 4 is 23.4 Å². The van der Waals surface area contributed by atoms with E-state index in [4.69, 9.17) is 11.6 Å². The van der Waals surface area contributed by atoms with Crippen LogP contribution in [0.5, 0.6) is 0 Å². The largest absolute Gasteiger partial charge is 0.342 e. The number of amides is 2. The Hall–Kier alpha value is -1.59. The average Bonchev–Trinajstić information content (AvgIpc) is 3.51. The molecule has 1 spiro atoms. The minimum absolute atomic E-state index is 0.102. The summed E-state index contributed by atoms with van der Waals surface area (Å²) in [5, 5.41) is 0.654. The van der Waals surface area contributed by atoms with Gasteiger partial charge in [-0.15, -0.1) is 0 Å². The lowest BCUT2D eigenvalue weighted by molar-refractivity contribution is -0.142. The van der Waals surface area contributed by atoms with Gasteiger partial charge in [-0.25, -0.2) is 0 Å². The van der Waals surface area contributed by atoms with Crippen LogP contribution in [0.2, 0.25) is 5.02 Å². The summed E-state index contributed by atoms with van der Waals surface area (Å²) in [6.45, 7) is 8.67. The second-order valence-electron chi connectivity index (χ2n) is 10.2. The molecule has 4 fully saturated rings. The maximum Gasteiger partial charge on any atom is 0.253 e. The molecule has 31 heavy (non-hydrogen) atoms. The molecule has 0 N–H and O–H groups in total. The van der Waals surface area contributed by atoms with Gasteiger partial charge in [-0.05, 0) is 80.7 Å². The molecule has 1 aromatic carbocycles. The van der Waals surface area contributed by atoms with E-state index < -0.39 is 0 Å². The zero-order valence-corrected chi connectivity index (χ0v) is 19.4. The van der Waals surface area contributed by atoms with Gasteiger partial charge in [-0.1, -0.05) is 18.5 Å². The van der Waals surface area contributed by atoms with Gasteiger partial charge in [0.05, 0.1) is 5.41 Å². The number of piperidine rings is 1. The number of fused-ring (bicyclic) bond motifs is 2. The predicted octanol–water partition coefficient (Wildman–Crippen LogP) is 3.92. The van der Waals surface area contributed by atoms with Crippen molar-refractivity contribution < 1.29 is 9.59 Å². The van der Waals surface area contributed by atoms with Crippen LogP contribution >= 0.6 is 11.6 Å². The molecule has 1 saturated carbocycles. The normalized spacial score (nSPS) is 30.2. The maximum absolute atomic E-state index is 13.7. The van der Waals surface area contributed by atoms with Crippen molar-refractivity contribution in [3.63, 3.8) is 0 Å². The quantitative estimate of drug-likeness (QED) is 0.711. The van der Waals surface area contributed by atoms with E-state index in [1.807, 2.05) is 17.0 Å². The molecular formula is C25H34ClN3O2. The molecule has 2 amide bonds.